The van der Waals surface area contributed by atoms with Gasteiger partial charge in [0.05, 0.1) is 0 Å². The van der Waals surface area contributed by atoms with E-state index in [-0.39, 0.29) is 0 Å². The number of hydrogen-bond acceptors (Lipinski definition) is 1. The van der Waals surface area contributed by atoms with Crippen molar-refractivity contribution < 1.29 is 0 Å². The van der Waals surface area contributed by atoms with Crippen LogP contribution in [0, 0.1) is 6.92 Å². The topological polar surface area (TPSA) is 0 Å². The van der Waals surface area contributed by atoms with Crippen molar-refractivity contribution in [2.45, 2.75) is 19.8 Å². The second kappa shape index (κ2) is 3.97. The first-order valence-electron chi connectivity index (χ1n) is 4.86. The molecular weight excluding hydrogens is 188 g/mol. The lowest BCUT2D eigenvalue weighted by atomic mass is 9.93. The Kier molecular flexibility index (Phi) is 2.69. The van der Waals surface area contributed by atoms with Crippen LogP contribution in [0.25, 0.3) is 0 Å². The summed E-state index contributed by atoms with van der Waals surface area (Å²) in [6.45, 7) is 4.45. The Bertz CT molecular complexity index is 400. The Hall–Kier alpha value is -1.08. The largest absolute Gasteiger partial charge is 0.152 e. The lowest BCUT2D eigenvalue weighted by Crippen LogP contribution is -1.95. The molecule has 2 rings (SSSR count). The van der Waals surface area contributed by atoms with Gasteiger partial charge >= 0.3 is 0 Å². The summed E-state index contributed by atoms with van der Waals surface area (Å²) < 4.78 is 0. The molecule has 0 nitrogen and oxygen atoms in total. The molecule has 1 heteroatoms. The van der Waals surface area contributed by atoms with E-state index >= 15 is 0 Å². The molecule has 1 heterocycles. The maximum atomic E-state index is 2.27. The monoisotopic (exact) mass is 202 g/mol. The second-order valence-corrected chi connectivity index (χ2v) is 4.39. The smallest absolute Gasteiger partial charge is 0.00718 e. The van der Waals surface area contributed by atoms with E-state index in [0.29, 0.717) is 5.92 Å². The van der Waals surface area contributed by atoms with Crippen molar-refractivity contribution >= 4 is 11.3 Å². The summed E-state index contributed by atoms with van der Waals surface area (Å²) in [7, 11) is 0. The van der Waals surface area contributed by atoms with Crippen LogP contribution in [0.5, 0.6) is 0 Å². The number of benzene rings is 1. The zero-order chi connectivity index (χ0) is 9.97. The second-order valence-electron chi connectivity index (χ2n) is 3.64. The van der Waals surface area contributed by atoms with Crippen LogP contribution >= 0.6 is 11.3 Å². The zero-order valence-electron chi connectivity index (χ0n) is 8.53. The summed E-state index contributed by atoms with van der Waals surface area (Å²) in [5.74, 6) is 0.516. The van der Waals surface area contributed by atoms with Gasteiger partial charge < -0.3 is 0 Å². The van der Waals surface area contributed by atoms with Gasteiger partial charge in [-0.1, -0.05) is 37.3 Å². The van der Waals surface area contributed by atoms with Crippen molar-refractivity contribution in [2.75, 3.05) is 0 Å². The molecule has 0 bridgehead atoms. The average molecular weight is 202 g/mol. The molecule has 1 atom stereocenters. The molecule has 72 valence electrons. The highest BCUT2D eigenvalue weighted by atomic mass is 32.1. The van der Waals surface area contributed by atoms with Crippen LogP contribution in [0.1, 0.15) is 29.5 Å². The van der Waals surface area contributed by atoms with Gasteiger partial charge in [-0.25, -0.2) is 0 Å². The van der Waals surface area contributed by atoms with Gasteiger partial charge in [0.1, 0.15) is 0 Å². The molecule has 0 saturated carbocycles. The van der Waals surface area contributed by atoms with Gasteiger partial charge in [0, 0.05) is 5.92 Å². The van der Waals surface area contributed by atoms with Gasteiger partial charge in [0.15, 0.2) is 0 Å². The lowest BCUT2D eigenvalue weighted by molar-refractivity contribution is 0.918. The number of thiophene rings is 1. The van der Waals surface area contributed by atoms with Crippen molar-refractivity contribution in [1.82, 2.24) is 0 Å². The summed E-state index contributed by atoms with van der Waals surface area (Å²) in [5.41, 5.74) is 4.27. The van der Waals surface area contributed by atoms with Crippen LogP contribution in [0.2, 0.25) is 0 Å². The Balaban J connectivity index is 2.34. The van der Waals surface area contributed by atoms with Crippen LogP contribution in [0.4, 0.5) is 0 Å². The first kappa shape index (κ1) is 9.47. The molecule has 0 amide bonds. The summed E-state index contributed by atoms with van der Waals surface area (Å²) in [4.78, 5) is 0. The van der Waals surface area contributed by atoms with E-state index in [0.717, 1.165) is 0 Å². The van der Waals surface area contributed by atoms with E-state index in [4.69, 9.17) is 0 Å². The van der Waals surface area contributed by atoms with E-state index in [1.54, 1.807) is 11.3 Å². The Labute approximate surface area is 89.2 Å². The van der Waals surface area contributed by atoms with Crippen molar-refractivity contribution in [3.63, 3.8) is 0 Å². The van der Waals surface area contributed by atoms with E-state index in [1.807, 2.05) is 0 Å². The third-order valence-electron chi connectivity index (χ3n) is 2.66. The van der Waals surface area contributed by atoms with E-state index in [1.165, 1.54) is 16.7 Å². The fourth-order valence-corrected chi connectivity index (χ4v) is 2.68. The Morgan fingerprint density at radius 2 is 1.79 bits per heavy atom. The maximum Gasteiger partial charge on any atom is 0.00718 e. The van der Waals surface area contributed by atoms with Gasteiger partial charge in [-0.15, -0.1) is 0 Å². The molecule has 0 radical (unpaired) electrons. The molecule has 0 aliphatic heterocycles. The SMILES string of the molecule is Cc1cscc1C(C)c1ccccc1. The molecule has 0 aliphatic carbocycles. The number of aryl methyl sites for hydroxylation is 1. The van der Waals surface area contributed by atoms with Gasteiger partial charge in [-0.2, -0.15) is 11.3 Å². The zero-order valence-corrected chi connectivity index (χ0v) is 9.34. The van der Waals surface area contributed by atoms with E-state index < -0.39 is 0 Å². The van der Waals surface area contributed by atoms with Gasteiger partial charge in [0.2, 0.25) is 0 Å². The highest BCUT2D eigenvalue weighted by molar-refractivity contribution is 7.08. The predicted molar refractivity (Wildman–Crippen MR) is 63.0 cm³/mol. The van der Waals surface area contributed by atoms with E-state index in [2.05, 4.69) is 54.9 Å². The molecule has 0 N–H and O–H groups in total. The molecule has 0 spiro atoms. The molecule has 14 heavy (non-hydrogen) atoms. The molecule has 1 unspecified atom stereocenters. The van der Waals surface area contributed by atoms with Crippen LogP contribution in [-0.4, -0.2) is 0 Å². The highest BCUT2D eigenvalue weighted by Crippen LogP contribution is 2.28. The first-order valence-corrected chi connectivity index (χ1v) is 5.81. The fraction of sp³-hybridized carbons (Fsp3) is 0.231. The third kappa shape index (κ3) is 1.73. The van der Waals surface area contributed by atoms with Gasteiger partial charge in [-0.05, 0) is 34.4 Å². The van der Waals surface area contributed by atoms with Gasteiger partial charge in [0.25, 0.3) is 0 Å². The van der Waals surface area contributed by atoms with Crippen molar-refractivity contribution in [3.05, 3.63) is 57.8 Å². The van der Waals surface area contributed by atoms with E-state index in [9.17, 15) is 0 Å². The average Bonchev–Trinajstić information content (AvgIpc) is 2.65. The molecular formula is C13H14S. The van der Waals surface area contributed by atoms with Crippen LogP contribution in [0.15, 0.2) is 41.1 Å². The molecule has 1 aromatic heterocycles. The standard InChI is InChI=1S/C13H14S/c1-10-8-14-9-13(10)11(2)12-6-4-3-5-7-12/h3-9,11H,1-2H3. The van der Waals surface area contributed by atoms with Crippen molar-refractivity contribution in [1.29, 1.82) is 0 Å². The maximum absolute atomic E-state index is 2.27. The minimum Gasteiger partial charge on any atom is -0.152 e. The molecule has 0 saturated heterocycles. The molecule has 1 aromatic carbocycles. The number of hydrogen-bond donors (Lipinski definition) is 0. The van der Waals surface area contributed by atoms with Crippen molar-refractivity contribution in [2.24, 2.45) is 0 Å². The summed E-state index contributed by atoms with van der Waals surface area (Å²) in [6, 6.07) is 10.7. The molecule has 0 aliphatic rings. The third-order valence-corrected chi connectivity index (χ3v) is 3.54. The minimum atomic E-state index is 0.516. The Morgan fingerprint density at radius 3 is 2.36 bits per heavy atom. The summed E-state index contributed by atoms with van der Waals surface area (Å²) >= 11 is 1.79. The first-order chi connectivity index (χ1) is 6.79. The molecule has 2 aromatic rings. The van der Waals surface area contributed by atoms with Crippen LogP contribution in [-0.2, 0) is 0 Å². The number of rotatable bonds is 2. The highest BCUT2D eigenvalue weighted by Gasteiger charge is 2.10. The fourth-order valence-electron chi connectivity index (χ4n) is 1.74. The summed E-state index contributed by atoms with van der Waals surface area (Å²) in [6.07, 6.45) is 0. The van der Waals surface area contributed by atoms with Crippen LogP contribution in [0.3, 0.4) is 0 Å². The van der Waals surface area contributed by atoms with Gasteiger partial charge in [-0.3, -0.25) is 0 Å². The Morgan fingerprint density at radius 1 is 1.07 bits per heavy atom. The quantitative estimate of drug-likeness (QED) is 0.684. The molecule has 0 fully saturated rings. The minimum absolute atomic E-state index is 0.516. The summed E-state index contributed by atoms with van der Waals surface area (Å²) in [5, 5.41) is 4.47. The normalized spacial score (nSPS) is 12.7. The predicted octanol–water partition coefficient (Wildman–Crippen LogP) is 4.21. The van der Waals surface area contributed by atoms with Crippen LogP contribution < -0.4 is 0 Å². The lowest BCUT2D eigenvalue weighted by Gasteiger charge is -2.11. The van der Waals surface area contributed by atoms with Crippen molar-refractivity contribution in [3.8, 4) is 0 Å².